The van der Waals surface area contributed by atoms with Crippen molar-refractivity contribution >= 4 is 10.8 Å². The molecule has 4 rings (SSSR count). The third kappa shape index (κ3) is 3.93. The number of benzene rings is 3. The summed E-state index contributed by atoms with van der Waals surface area (Å²) in [5.41, 5.74) is 3.47. The number of rotatable bonds is 6. The summed E-state index contributed by atoms with van der Waals surface area (Å²) >= 11 is 0. The molecule has 0 amide bonds. The molecular formula is C25H23NO3. The molecule has 0 fully saturated rings. The molecular weight excluding hydrogens is 362 g/mol. The van der Waals surface area contributed by atoms with Crippen molar-refractivity contribution < 1.29 is 14.6 Å². The molecule has 1 N–H and O–H groups in total. The second-order valence-electron chi connectivity index (χ2n) is 6.90. The molecule has 4 nitrogen and oxygen atoms in total. The summed E-state index contributed by atoms with van der Waals surface area (Å²) in [6.45, 7) is 0. The van der Waals surface area contributed by atoms with Gasteiger partial charge in [-0.2, -0.15) is 0 Å². The summed E-state index contributed by atoms with van der Waals surface area (Å²) in [7, 11) is 3.23. The van der Waals surface area contributed by atoms with Gasteiger partial charge in [0, 0.05) is 17.5 Å². The zero-order chi connectivity index (χ0) is 20.2. The molecule has 1 aromatic heterocycles. The Labute approximate surface area is 170 Å². The lowest BCUT2D eigenvalue weighted by Gasteiger charge is -2.17. The number of aromatic nitrogens is 1. The van der Waals surface area contributed by atoms with Gasteiger partial charge >= 0.3 is 0 Å². The van der Waals surface area contributed by atoms with Crippen LogP contribution < -0.4 is 9.47 Å². The fourth-order valence-electron chi connectivity index (χ4n) is 3.56. The first-order valence-electron chi connectivity index (χ1n) is 9.52. The standard InChI is InChI=1S/C25H23NO3/c1-28-22-15-19-14-20(13-17-9-5-3-6-10-17)26-24(21(19)16-23(22)29-2)25(27)18-11-7-4-8-12-18/h3-12,14-16,25,27H,13H2,1-2H3. The highest BCUT2D eigenvalue weighted by atomic mass is 16.5. The molecule has 4 aromatic rings. The molecule has 0 aliphatic carbocycles. The average Bonchev–Trinajstić information content (AvgIpc) is 2.78. The lowest BCUT2D eigenvalue weighted by molar-refractivity contribution is 0.217. The lowest BCUT2D eigenvalue weighted by atomic mass is 9.98. The number of hydrogen-bond donors (Lipinski definition) is 1. The third-order valence-corrected chi connectivity index (χ3v) is 5.02. The highest BCUT2D eigenvalue weighted by molar-refractivity contribution is 5.89. The van der Waals surface area contributed by atoms with Crippen molar-refractivity contribution in [2.75, 3.05) is 14.2 Å². The molecule has 0 spiro atoms. The van der Waals surface area contributed by atoms with Gasteiger partial charge in [0.05, 0.1) is 19.9 Å². The van der Waals surface area contributed by atoms with Crippen LogP contribution in [0.2, 0.25) is 0 Å². The molecule has 0 bridgehead atoms. The Bertz CT molecular complexity index is 1110. The van der Waals surface area contributed by atoms with Crippen molar-refractivity contribution in [3.63, 3.8) is 0 Å². The molecule has 4 heteroatoms. The minimum atomic E-state index is -0.840. The van der Waals surface area contributed by atoms with Crippen LogP contribution in [0, 0.1) is 0 Å². The monoisotopic (exact) mass is 385 g/mol. The molecule has 0 radical (unpaired) electrons. The van der Waals surface area contributed by atoms with Gasteiger partial charge in [-0.25, -0.2) is 0 Å². The molecule has 1 atom stereocenters. The van der Waals surface area contributed by atoms with E-state index in [1.807, 2.05) is 66.7 Å². The van der Waals surface area contributed by atoms with E-state index in [-0.39, 0.29) is 0 Å². The van der Waals surface area contributed by atoms with Crippen LogP contribution in [0.15, 0.2) is 78.9 Å². The number of methoxy groups -OCH3 is 2. The number of aliphatic hydroxyl groups is 1. The minimum absolute atomic E-state index is 0.610. The van der Waals surface area contributed by atoms with Crippen molar-refractivity contribution in [2.24, 2.45) is 0 Å². The summed E-state index contributed by atoms with van der Waals surface area (Å²) in [6, 6.07) is 25.6. The number of ether oxygens (including phenoxy) is 2. The smallest absolute Gasteiger partial charge is 0.161 e. The highest BCUT2D eigenvalue weighted by Gasteiger charge is 2.19. The van der Waals surface area contributed by atoms with E-state index in [1.54, 1.807) is 14.2 Å². The molecule has 0 saturated heterocycles. The second kappa shape index (κ2) is 8.33. The van der Waals surface area contributed by atoms with Crippen LogP contribution in [-0.4, -0.2) is 24.3 Å². The van der Waals surface area contributed by atoms with Crippen molar-refractivity contribution in [1.82, 2.24) is 4.98 Å². The summed E-state index contributed by atoms with van der Waals surface area (Å²) in [5, 5.41) is 12.9. The van der Waals surface area contributed by atoms with Crippen LogP contribution in [0.4, 0.5) is 0 Å². The normalized spacial score (nSPS) is 12.0. The van der Waals surface area contributed by atoms with Crippen molar-refractivity contribution in [1.29, 1.82) is 0 Å². The zero-order valence-electron chi connectivity index (χ0n) is 16.5. The third-order valence-electron chi connectivity index (χ3n) is 5.02. The first-order valence-corrected chi connectivity index (χ1v) is 9.52. The number of pyridine rings is 1. The molecule has 3 aromatic carbocycles. The van der Waals surface area contributed by atoms with Crippen molar-refractivity contribution in [3.8, 4) is 11.5 Å². The predicted octanol–water partition coefficient (Wildman–Crippen LogP) is 4.92. The van der Waals surface area contributed by atoms with Gasteiger partial charge in [0.25, 0.3) is 0 Å². The predicted molar refractivity (Wildman–Crippen MR) is 115 cm³/mol. The zero-order valence-corrected chi connectivity index (χ0v) is 16.5. The minimum Gasteiger partial charge on any atom is -0.493 e. The summed E-state index contributed by atoms with van der Waals surface area (Å²) in [6.07, 6.45) is -0.160. The SMILES string of the molecule is COc1cc2cc(Cc3ccccc3)nc(C(O)c3ccccc3)c2cc1OC. The Kier molecular flexibility index (Phi) is 5.45. The molecule has 146 valence electrons. The first-order chi connectivity index (χ1) is 14.2. The van der Waals surface area contributed by atoms with Crippen LogP contribution in [-0.2, 0) is 6.42 Å². The number of aliphatic hydroxyl groups excluding tert-OH is 1. The number of nitrogens with zero attached hydrogens (tertiary/aromatic N) is 1. The van der Waals surface area contributed by atoms with E-state index < -0.39 is 6.10 Å². The van der Waals surface area contributed by atoms with E-state index >= 15 is 0 Å². The largest absolute Gasteiger partial charge is 0.493 e. The van der Waals surface area contributed by atoms with E-state index in [2.05, 4.69) is 12.1 Å². The number of fused-ring (bicyclic) bond motifs is 1. The summed E-state index contributed by atoms with van der Waals surface area (Å²) < 4.78 is 11.0. The average molecular weight is 385 g/mol. The van der Waals surface area contributed by atoms with E-state index in [1.165, 1.54) is 5.56 Å². The highest BCUT2D eigenvalue weighted by Crippen LogP contribution is 2.36. The number of hydrogen-bond acceptors (Lipinski definition) is 4. The Morgan fingerprint density at radius 1 is 0.828 bits per heavy atom. The van der Waals surface area contributed by atoms with Crippen LogP contribution in [0.25, 0.3) is 10.8 Å². The molecule has 0 aliphatic rings. The van der Waals surface area contributed by atoms with Crippen molar-refractivity contribution in [3.05, 3.63) is 101 Å². The fourth-order valence-corrected chi connectivity index (χ4v) is 3.56. The Morgan fingerprint density at radius 2 is 1.45 bits per heavy atom. The van der Waals surface area contributed by atoms with Crippen LogP contribution >= 0.6 is 0 Å². The van der Waals surface area contributed by atoms with Gasteiger partial charge in [0.1, 0.15) is 6.10 Å². The first kappa shape index (κ1) is 19.0. The van der Waals surface area contributed by atoms with Crippen LogP contribution in [0.3, 0.4) is 0 Å². The maximum absolute atomic E-state index is 11.1. The Hall–Kier alpha value is -3.37. The van der Waals surface area contributed by atoms with Crippen LogP contribution in [0.5, 0.6) is 11.5 Å². The van der Waals surface area contributed by atoms with Gasteiger partial charge in [0.15, 0.2) is 11.5 Å². The van der Waals surface area contributed by atoms with Gasteiger partial charge in [0.2, 0.25) is 0 Å². The maximum atomic E-state index is 11.1. The van der Waals surface area contributed by atoms with Gasteiger partial charge in [-0.15, -0.1) is 0 Å². The fraction of sp³-hybridized carbons (Fsp3) is 0.160. The summed E-state index contributed by atoms with van der Waals surface area (Å²) in [4.78, 5) is 4.86. The summed E-state index contributed by atoms with van der Waals surface area (Å²) in [5.74, 6) is 1.26. The second-order valence-corrected chi connectivity index (χ2v) is 6.90. The van der Waals surface area contributed by atoms with Gasteiger partial charge in [-0.3, -0.25) is 4.98 Å². The quantitative estimate of drug-likeness (QED) is 0.512. The van der Waals surface area contributed by atoms with Crippen LogP contribution in [0.1, 0.15) is 28.6 Å². The molecule has 0 aliphatic heterocycles. The van der Waals surface area contributed by atoms with Gasteiger partial charge in [-0.05, 0) is 34.7 Å². The molecule has 1 heterocycles. The van der Waals surface area contributed by atoms with Gasteiger partial charge in [-0.1, -0.05) is 60.7 Å². The molecule has 0 saturated carbocycles. The van der Waals surface area contributed by atoms with E-state index in [4.69, 9.17) is 14.5 Å². The van der Waals surface area contributed by atoms with Gasteiger partial charge < -0.3 is 14.6 Å². The maximum Gasteiger partial charge on any atom is 0.161 e. The molecule has 29 heavy (non-hydrogen) atoms. The molecule has 1 unspecified atom stereocenters. The topological polar surface area (TPSA) is 51.6 Å². The van der Waals surface area contributed by atoms with E-state index in [0.717, 1.165) is 22.0 Å². The Morgan fingerprint density at radius 3 is 2.10 bits per heavy atom. The van der Waals surface area contributed by atoms with Crippen molar-refractivity contribution in [2.45, 2.75) is 12.5 Å². The van der Waals surface area contributed by atoms with E-state index in [0.29, 0.717) is 23.6 Å². The lowest BCUT2D eigenvalue weighted by Crippen LogP contribution is -2.06. The van der Waals surface area contributed by atoms with E-state index in [9.17, 15) is 5.11 Å². The Balaban J connectivity index is 1.89.